The molecule has 0 amide bonds. The van der Waals surface area contributed by atoms with Crippen LogP contribution in [0.2, 0.25) is 0 Å². The van der Waals surface area contributed by atoms with Crippen molar-refractivity contribution in [3.63, 3.8) is 0 Å². The molecule has 0 saturated heterocycles. The number of pyridine rings is 1. The molecule has 108 valence electrons. The number of likely N-dealkylation sites (N-methyl/N-ethyl adjacent to an activating group) is 2. The lowest BCUT2D eigenvalue weighted by Crippen LogP contribution is -2.32. The van der Waals surface area contributed by atoms with Crippen molar-refractivity contribution in [1.82, 2.24) is 15.2 Å². The van der Waals surface area contributed by atoms with Crippen molar-refractivity contribution in [1.29, 1.82) is 0 Å². The van der Waals surface area contributed by atoms with Gasteiger partial charge in [0.05, 0.1) is 12.8 Å². The van der Waals surface area contributed by atoms with Crippen molar-refractivity contribution in [3.8, 4) is 5.75 Å². The van der Waals surface area contributed by atoms with Crippen LogP contribution in [-0.2, 0) is 6.54 Å². The number of hydrogen-bond acceptors (Lipinski definition) is 4. The van der Waals surface area contributed by atoms with E-state index >= 15 is 0 Å². The van der Waals surface area contributed by atoms with E-state index in [0.29, 0.717) is 0 Å². The second-order valence-corrected chi connectivity index (χ2v) is 4.77. The summed E-state index contributed by atoms with van der Waals surface area (Å²) in [4.78, 5) is 6.96. The lowest BCUT2D eigenvalue weighted by molar-refractivity contribution is 0.275. The topological polar surface area (TPSA) is 37.4 Å². The van der Waals surface area contributed by atoms with Gasteiger partial charge in [-0.2, -0.15) is 0 Å². The number of ether oxygens (including phenoxy) is 1. The van der Waals surface area contributed by atoms with Gasteiger partial charge in [-0.25, -0.2) is 0 Å². The second-order valence-electron chi connectivity index (χ2n) is 4.77. The van der Waals surface area contributed by atoms with Gasteiger partial charge in [0.1, 0.15) is 5.75 Å². The van der Waals surface area contributed by atoms with Gasteiger partial charge in [-0.1, -0.05) is 13.8 Å². The molecular weight excluding hydrogens is 238 g/mol. The van der Waals surface area contributed by atoms with Gasteiger partial charge in [0, 0.05) is 37.0 Å². The molecule has 1 aromatic rings. The molecule has 1 aromatic heterocycles. The van der Waals surface area contributed by atoms with Crippen LogP contribution in [0.5, 0.6) is 5.75 Å². The fraction of sp³-hybridized carbons (Fsp3) is 0.667. The van der Waals surface area contributed by atoms with E-state index in [9.17, 15) is 0 Å². The van der Waals surface area contributed by atoms with Gasteiger partial charge in [-0.15, -0.1) is 0 Å². The van der Waals surface area contributed by atoms with Crippen molar-refractivity contribution in [2.45, 2.75) is 34.2 Å². The normalized spacial score (nSPS) is 11.1. The fourth-order valence-corrected chi connectivity index (χ4v) is 2.21. The minimum absolute atomic E-state index is 0.879. The molecular formula is C15H27N3O. The van der Waals surface area contributed by atoms with Crippen LogP contribution in [-0.4, -0.2) is 43.2 Å². The van der Waals surface area contributed by atoms with Gasteiger partial charge < -0.3 is 10.1 Å². The van der Waals surface area contributed by atoms with Gasteiger partial charge in [0.25, 0.3) is 0 Å². The third-order valence-corrected chi connectivity index (χ3v) is 3.43. The number of hydrogen-bond donors (Lipinski definition) is 1. The SMILES string of the molecule is CCNCCN(CC)Cc1ncc(C)c(OC)c1C. The molecule has 0 aliphatic carbocycles. The van der Waals surface area contributed by atoms with Crippen LogP contribution >= 0.6 is 0 Å². The Kier molecular flexibility index (Phi) is 6.81. The van der Waals surface area contributed by atoms with Crippen LogP contribution in [0, 0.1) is 13.8 Å². The summed E-state index contributed by atoms with van der Waals surface area (Å²) in [6.45, 7) is 13.4. The quantitative estimate of drug-likeness (QED) is 0.731. The minimum Gasteiger partial charge on any atom is -0.496 e. The van der Waals surface area contributed by atoms with Crippen molar-refractivity contribution in [2.75, 3.05) is 33.3 Å². The standard InChI is InChI=1S/C15H27N3O/c1-6-16-8-9-18(7-2)11-14-13(4)15(19-5)12(3)10-17-14/h10,16H,6-9,11H2,1-5H3. The van der Waals surface area contributed by atoms with Gasteiger partial charge in [0.2, 0.25) is 0 Å². The Bertz CT molecular complexity index is 393. The summed E-state index contributed by atoms with van der Waals surface area (Å²) in [6, 6.07) is 0. The smallest absolute Gasteiger partial charge is 0.128 e. The maximum absolute atomic E-state index is 5.46. The van der Waals surface area contributed by atoms with Gasteiger partial charge in [0.15, 0.2) is 0 Å². The van der Waals surface area contributed by atoms with E-state index in [0.717, 1.165) is 55.3 Å². The van der Waals surface area contributed by atoms with E-state index in [1.54, 1.807) is 7.11 Å². The molecule has 0 aliphatic heterocycles. The Morgan fingerprint density at radius 2 is 2.05 bits per heavy atom. The summed E-state index contributed by atoms with van der Waals surface area (Å²) >= 11 is 0. The molecule has 1 rings (SSSR count). The third-order valence-electron chi connectivity index (χ3n) is 3.43. The highest BCUT2D eigenvalue weighted by Crippen LogP contribution is 2.24. The molecule has 4 nitrogen and oxygen atoms in total. The molecule has 0 bridgehead atoms. The predicted molar refractivity (Wildman–Crippen MR) is 79.8 cm³/mol. The van der Waals surface area contributed by atoms with Gasteiger partial charge in [-0.3, -0.25) is 9.88 Å². The molecule has 1 heterocycles. The molecule has 0 atom stereocenters. The number of aromatic nitrogens is 1. The first-order valence-electron chi connectivity index (χ1n) is 7.06. The Morgan fingerprint density at radius 1 is 1.32 bits per heavy atom. The summed E-state index contributed by atoms with van der Waals surface area (Å²) in [7, 11) is 1.72. The molecule has 0 aliphatic rings. The van der Waals surface area contributed by atoms with Crippen LogP contribution < -0.4 is 10.1 Å². The summed E-state index contributed by atoms with van der Waals surface area (Å²) in [5, 5.41) is 3.36. The first kappa shape index (κ1) is 15.9. The minimum atomic E-state index is 0.879. The number of rotatable bonds is 8. The Labute approximate surface area is 117 Å². The van der Waals surface area contributed by atoms with Crippen LogP contribution in [0.4, 0.5) is 0 Å². The van der Waals surface area contributed by atoms with Crippen molar-refractivity contribution in [3.05, 3.63) is 23.0 Å². The molecule has 1 N–H and O–H groups in total. The lowest BCUT2D eigenvalue weighted by atomic mass is 10.1. The highest BCUT2D eigenvalue weighted by molar-refractivity contribution is 5.40. The van der Waals surface area contributed by atoms with E-state index < -0.39 is 0 Å². The van der Waals surface area contributed by atoms with E-state index in [2.05, 4.69) is 36.0 Å². The van der Waals surface area contributed by atoms with Gasteiger partial charge >= 0.3 is 0 Å². The predicted octanol–water partition coefficient (Wildman–Crippen LogP) is 2.14. The summed E-state index contributed by atoms with van der Waals surface area (Å²) in [5.74, 6) is 0.965. The van der Waals surface area contributed by atoms with E-state index in [4.69, 9.17) is 4.74 Å². The fourth-order valence-electron chi connectivity index (χ4n) is 2.21. The molecule has 19 heavy (non-hydrogen) atoms. The lowest BCUT2D eigenvalue weighted by Gasteiger charge is -2.22. The Morgan fingerprint density at radius 3 is 2.63 bits per heavy atom. The average Bonchev–Trinajstić information content (AvgIpc) is 2.41. The van der Waals surface area contributed by atoms with Crippen LogP contribution in [0.25, 0.3) is 0 Å². The monoisotopic (exact) mass is 265 g/mol. The molecule has 0 fully saturated rings. The second kappa shape index (κ2) is 8.12. The zero-order valence-corrected chi connectivity index (χ0v) is 12.9. The average molecular weight is 265 g/mol. The third kappa shape index (κ3) is 4.48. The van der Waals surface area contributed by atoms with Crippen molar-refractivity contribution in [2.24, 2.45) is 0 Å². The highest BCUT2D eigenvalue weighted by atomic mass is 16.5. The highest BCUT2D eigenvalue weighted by Gasteiger charge is 2.12. The number of aryl methyl sites for hydroxylation is 1. The van der Waals surface area contributed by atoms with Crippen LogP contribution in [0.1, 0.15) is 30.7 Å². The summed E-state index contributed by atoms with van der Waals surface area (Å²) in [6.07, 6.45) is 1.90. The largest absolute Gasteiger partial charge is 0.496 e. The van der Waals surface area contributed by atoms with Crippen LogP contribution in [0.15, 0.2) is 6.20 Å². The molecule has 0 saturated carbocycles. The molecule has 0 radical (unpaired) electrons. The van der Waals surface area contributed by atoms with E-state index in [1.807, 2.05) is 13.1 Å². The first-order valence-corrected chi connectivity index (χ1v) is 7.06. The number of nitrogens with zero attached hydrogens (tertiary/aromatic N) is 2. The van der Waals surface area contributed by atoms with E-state index in [1.165, 1.54) is 0 Å². The molecule has 0 spiro atoms. The summed E-state index contributed by atoms with van der Waals surface area (Å²) in [5.41, 5.74) is 3.37. The zero-order chi connectivity index (χ0) is 14.3. The Hall–Kier alpha value is -1.13. The van der Waals surface area contributed by atoms with Crippen molar-refractivity contribution < 1.29 is 4.74 Å². The first-order chi connectivity index (χ1) is 9.13. The number of methoxy groups -OCH3 is 1. The maximum atomic E-state index is 5.46. The molecule has 0 aromatic carbocycles. The maximum Gasteiger partial charge on any atom is 0.128 e. The van der Waals surface area contributed by atoms with Crippen molar-refractivity contribution >= 4 is 0 Å². The van der Waals surface area contributed by atoms with E-state index in [-0.39, 0.29) is 0 Å². The number of nitrogens with one attached hydrogen (secondary N) is 1. The zero-order valence-electron chi connectivity index (χ0n) is 12.9. The Balaban J connectivity index is 2.74. The van der Waals surface area contributed by atoms with Gasteiger partial charge in [-0.05, 0) is 26.9 Å². The summed E-state index contributed by atoms with van der Waals surface area (Å²) < 4.78 is 5.46. The van der Waals surface area contributed by atoms with Crippen LogP contribution in [0.3, 0.4) is 0 Å². The molecule has 4 heteroatoms. The molecule has 0 unspecified atom stereocenters.